The summed E-state index contributed by atoms with van der Waals surface area (Å²) in [5, 5.41) is 7.27. The Morgan fingerprint density at radius 1 is 1.45 bits per heavy atom. The van der Waals surface area contributed by atoms with Gasteiger partial charge in [-0.1, -0.05) is 6.08 Å². The molecule has 0 radical (unpaired) electrons. The van der Waals surface area contributed by atoms with Gasteiger partial charge in [0.15, 0.2) is 11.6 Å². The van der Waals surface area contributed by atoms with Crippen LogP contribution in [-0.4, -0.2) is 33.5 Å². The van der Waals surface area contributed by atoms with Gasteiger partial charge in [-0.25, -0.2) is 14.2 Å². The number of pyridine rings is 1. The Morgan fingerprint density at radius 2 is 2.28 bits per heavy atom. The molecule has 0 unspecified atom stereocenters. The molecule has 0 aliphatic rings. The number of hydrogen-bond donors (Lipinski definition) is 1. The van der Waals surface area contributed by atoms with Crippen molar-refractivity contribution in [3.05, 3.63) is 65.6 Å². The maximum atomic E-state index is 13.5. The molecule has 3 rings (SSSR count). The normalized spacial score (nSPS) is 10.6. The van der Waals surface area contributed by atoms with Crippen molar-refractivity contribution in [1.29, 1.82) is 0 Å². The number of amides is 1. The number of nitrogens with one attached hydrogen (secondary N) is 1. The molecule has 29 heavy (non-hydrogen) atoms. The first-order valence-corrected chi connectivity index (χ1v) is 9.40. The summed E-state index contributed by atoms with van der Waals surface area (Å²) in [6.07, 6.45) is 3.35. The number of benzene rings is 1. The molecule has 2 heterocycles. The van der Waals surface area contributed by atoms with Crippen molar-refractivity contribution in [2.45, 2.75) is 11.6 Å². The summed E-state index contributed by atoms with van der Waals surface area (Å²) < 4.78 is 24.4. The summed E-state index contributed by atoms with van der Waals surface area (Å²) in [5.41, 5.74) is 0.860. The van der Waals surface area contributed by atoms with Crippen molar-refractivity contribution >= 4 is 23.4 Å². The summed E-state index contributed by atoms with van der Waals surface area (Å²) in [4.78, 5) is 28.6. The number of halogens is 1. The zero-order chi connectivity index (χ0) is 20.8. The van der Waals surface area contributed by atoms with Gasteiger partial charge in [0.1, 0.15) is 11.6 Å². The van der Waals surface area contributed by atoms with E-state index < -0.39 is 17.5 Å². The summed E-state index contributed by atoms with van der Waals surface area (Å²) in [7, 11) is 1.32. The predicted molar refractivity (Wildman–Crippen MR) is 106 cm³/mol. The smallest absolute Gasteiger partial charge is 0.437 e. The van der Waals surface area contributed by atoms with Gasteiger partial charge in [0.2, 0.25) is 5.91 Å². The average Bonchev–Trinajstić information content (AvgIpc) is 3.08. The molecule has 0 fully saturated rings. The summed E-state index contributed by atoms with van der Waals surface area (Å²) in [5.74, 6) is -1.19. The van der Waals surface area contributed by atoms with Crippen molar-refractivity contribution in [3.63, 3.8) is 0 Å². The molecule has 3 aromatic rings. The van der Waals surface area contributed by atoms with Crippen LogP contribution in [0.15, 0.2) is 63.4 Å². The number of ether oxygens (including phenoxy) is 1. The van der Waals surface area contributed by atoms with Gasteiger partial charge in [-0.05, 0) is 24.3 Å². The monoisotopic (exact) mass is 416 g/mol. The second-order valence-corrected chi connectivity index (χ2v) is 6.69. The van der Waals surface area contributed by atoms with Gasteiger partial charge in [0, 0.05) is 23.7 Å². The maximum Gasteiger partial charge on any atom is 0.437 e. The van der Waals surface area contributed by atoms with Gasteiger partial charge in [-0.15, -0.1) is 23.4 Å². The molecule has 8 nitrogen and oxygen atoms in total. The van der Waals surface area contributed by atoms with Gasteiger partial charge < -0.3 is 14.5 Å². The lowest BCUT2D eigenvalue weighted by molar-refractivity contribution is -0.117. The Kier molecular flexibility index (Phi) is 6.45. The highest BCUT2D eigenvalue weighted by molar-refractivity contribution is 7.99. The van der Waals surface area contributed by atoms with E-state index >= 15 is 0 Å². The molecule has 0 saturated heterocycles. The third-order valence-electron chi connectivity index (χ3n) is 3.67. The van der Waals surface area contributed by atoms with Crippen LogP contribution in [0.2, 0.25) is 0 Å². The summed E-state index contributed by atoms with van der Waals surface area (Å²) >= 11 is 1.42. The van der Waals surface area contributed by atoms with Gasteiger partial charge in [-0.3, -0.25) is 4.79 Å². The number of carbonyl (C=O) groups is 1. The zero-order valence-electron chi connectivity index (χ0n) is 15.4. The van der Waals surface area contributed by atoms with E-state index in [4.69, 9.17) is 9.15 Å². The molecule has 0 aliphatic heterocycles. The molecule has 150 valence electrons. The Balaban J connectivity index is 1.77. The standard InChI is InChI=1S/C19H17FN4O4S/c1-3-9-29-18-13(5-4-8-21-18)17-23-24(19(26)28-17)11-16(25)22-12-6-7-14(20)15(10-12)27-2/h3-8,10H,1,9,11H2,2H3,(H,22,25). The number of aromatic nitrogens is 3. The van der Waals surface area contributed by atoms with E-state index in [0.29, 0.717) is 22.0 Å². The fraction of sp³-hybridized carbons (Fsp3) is 0.158. The van der Waals surface area contributed by atoms with Crippen LogP contribution in [0.5, 0.6) is 5.75 Å². The Bertz CT molecular complexity index is 1100. The molecule has 10 heteroatoms. The number of rotatable bonds is 8. The molecule has 0 spiro atoms. The first kappa shape index (κ1) is 20.3. The van der Waals surface area contributed by atoms with Gasteiger partial charge in [0.25, 0.3) is 5.89 Å². The molecule has 1 N–H and O–H groups in total. The number of thioether (sulfide) groups is 1. The SMILES string of the molecule is C=CCSc1ncccc1-c1nn(CC(=O)Nc2ccc(F)c(OC)c2)c(=O)o1. The highest BCUT2D eigenvalue weighted by Gasteiger charge is 2.17. The van der Waals surface area contributed by atoms with E-state index in [1.165, 1.54) is 37.1 Å². The van der Waals surface area contributed by atoms with Crippen LogP contribution in [0, 0.1) is 5.82 Å². The van der Waals surface area contributed by atoms with Crippen LogP contribution < -0.4 is 15.8 Å². The van der Waals surface area contributed by atoms with Gasteiger partial charge in [0.05, 0.1) is 12.7 Å². The minimum absolute atomic E-state index is 0.00943. The molecular formula is C19H17FN4O4S. The first-order chi connectivity index (χ1) is 14.0. The molecule has 2 aromatic heterocycles. The molecule has 0 bridgehead atoms. The number of nitrogens with zero attached hydrogens (tertiary/aromatic N) is 3. The van der Waals surface area contributed by atoms with Crippen molar-refractivity contribution in [1.82, 2.24) is 14.8 Å². The Labute approximate surface area is 169 Å². The summed E-state index contributed by atoms with van der Waals surface area (Å²) in [6, 6.07) is 7.30. The lowest BCUT2D eigenvalue weighted by Crippen LogP contribution is -2.25. The van der Waals surface area contributed by atoms with Crippen LogP contribution in [-0.2, 0) is 11.3 Å². The second-order valence-electron chi connectivity index (χ2n) is 5.68. The third kappa shape index (κ3) is 4.91. The molecular weight excluding hydrogens is 399 g/mol. The first-order valence-electron chi connectivity index (χ1n) is 8.42. The topological polar surface area (TPSA) is 99.3 Å². The van der Waals surface area contributed by atoms with Gasteiger partial charge >= 0.3 is 5.76 Å². The van der Waals surface area contributed by atoms with Crippen molar-refractivity contribution in [2.75, 3.05) is 18.2 Å². The van der Waals surface area contributed by atoms with Crippen molar-refractivity contribution in [2.24, 2.45) is 0 Å². The number of hydrogen-bond acceptors (Lipinski definition) is 7. The van der Waals surface area contributed by atoms with E-state index in [1.807, 2.05) is 0 Å². The molecule has 0 aliphatic carbocycles. The average molecular weight is 416 g/mol. The lowest BCUT2D eigenvalue weighted by Gasteiger charge is -2.07. The van der Waals surface area contributed by atoms with Crippen LogP contribution in [0.1, 0.15) is 0 Å². The maximum absolute atomic E-state index is 13.5. The van der Waals surface area contributed by atoms with E-state index in [2.05, 4.69) is 22.0 Å². The Morgan fingerprint density at radius 3 is 3.03 bits per heavy atom. The number of anilines is 1. The Hall–Kier alpha value is -3.40. The van der Waals surface area contributed by atoms with E-state index in [0.717, 1.165) is 4.68 Å². The van der Waals surface area contributed by atoms with Crippen LogP contribution >= 0.6 is 11.8 Å². The molecule has 0 atom stereocenters. The van der Waals surface area contributed by atoms with E-state index in [-0.39, 0.29) is 18.2 Å². The zero-order valence-corrected chi connectivity index (χ0v) is 16.2. The van der Waals surface area contributed by atoms with E-state index in [1.54, 1.807) is 24.4 Å². The highest BCUT2D eigenvalue weighted by Crippen LogP contribution is 2.27. The fourth-order valence-corrected chi connectivity index (χ4v) is 3.12. The third-order valence-corrected chi connectivity index (χ3v) is 4.68. The van der Waals surface area contributed by atoms with Crippen molar-refractivity contribution in [3.8, 4) is 17.2 Å². The van der Waals surface area contributed by atoms with Crippen LogP contribution in [0.3, 0.4) is 0 Å². The van der Waals surface area contributed by atoms with Crippen molar-refractivity contribution < 1.29 is 18.3 Å². The minimum Gasteiger partial charge on any atom is -0.494 e. The molecule has 1 aromatic carbocycles. The minimum atomic E-state index is -0.782. The fourth-order valence-electron chi connectivity index (χ4n) is 2.40. The van der Waals surface area contributed by atoms with Crippen LogP contribution in [0.4, 0.5) is 10.1 Å². The molecule has 0 saturated carbocycles. The predicted octanol–water partition coefficient (Wildman–Crippen LogP) is 2.96. The molecule has 1 amide bonds. The number of carbonyl (C=O) groups excluding carboxylic acids is 1. The lowest BCUT2D eigenvalue weighted by atomic mass is 10.3. The van der Waals surface area contributed by atoms with Gasteiger partial charge in [-0.2, -0.15) is 4.68 Å². The largest absolute Gasteiger partial charge is 0.494 e. The second kappa shape index (κ2) is 9.20. The van der Waals surface area contributed by atoms with E-state index in [9.17, 15) is 14.0 Å². The highest BCUT2D eigenvalue weighted by atomic mass is 32.2. The summed E-state index contributed by atoms with van der Waals surface area (Å²) in [6.45, 7) is 3.29. The van der Waals surface area contributed by atoms with Crippen LogP contribution in [0.25, 0.3) is 11.5 Å². The number of methoxy groups -OCH3 is 1. The quantitative estimate of drug-likeness (QED) is 0.445.